The van der Waals surface area contributed by atoms with Crippen molar-refractivity contribution in [1.29, 1.82) is 0 Å². The molecule has 2 heterocycles. The molecule has 0 aliphatic carbocycles. The molecule has 0 spiro atoms. The summed E-state index contributed by atoms with van der Waals surface area (Å²) < 4.78 is 6.24. The molecule has 1 aromatic rings. The van der Waals surface area contributed by atoms with Gasteiger partial charge in [-0.25, -0.2) is 0 Å². The fourth-order valence-electron chi connectivity index (χ4n) is 5.59. The van der Waals surface area contributed by atoms with Crippen molar-refractivity contribution >= 4 is 37.7 Å². The first-order valence-corrected chi connectivity index (χ1v) is 19.3. The molecule has 4 amide bonds. The standard InChI is InChI=1S/C34H54N4O6Si/c1-23(44-45(7,8)33(2,3)4)28(39)20-14-10-13-18-25-29(40)37-34(5,6)32(43)36-26(22-24-16-11-9-12-17-24)31(42)38-21-15-19-27(38)30(41)35-25/h9,11-12,16-17,23,25-27H,10,13-15,18-22H2,1-8H3,(H,35,41)(H,36,43)(H,37,40)/t23-,25-,26-,27+/m0/s1. The summed E-state index contributed by atoms with van der Waals surface area (Å²) in [5.74, 6) is -1.52. The van der Waals surface area contributed by atoms with Gasteiger partial charge in [0.15, 0.2) is 14.1 Å². The first kappa shape index (κ1) is 36.4. The van der Waals surface area contributed by atoms with Crippen LogP contribution >= 0.6 is 0 Å². The Kier molecular flexibility index (Phi) is 12.2. The monoisotopic (exact) mass is 642 g/mol. The van der Waals surface area contributed by atoms with Crippen molar-refractivity contribution < 1.29 is 28.4 Å². The fourth-order valence-corrected chi connectivity index (χ4v) is 6.96. The van der Waals surface area contributed by atoms with E-state index in [0.717, 1.165) is 5.56 Å². The molecule has 45 heavy (non-hydrogen) atoms. The second kappa shape index (κ2) is 15.0. The lowest BCUT2D eigenvalue weighted by atomic mass is 9.98. The molecule has 0 unspecified atom stereocenters. The average molecular weight is 643 g/mol. The van der Waals surface area contributed by atoms with E-state index in [1.54, 1.807) is 18.7 Å². The quantitative estimate of drug-likeness (QED) is 0.247. The van der Waals surface area contributed by atoms with E-state index in [-0.39, 0.29) is 29.1 Å². The number of hydrogen-bond acceptors (Lipinski definition) is 6. The van der Waals surface area contributed by atoms with Gasteiger partial charge in [0, 0.05) is 19.4 Å². The Balaban J connectivity index is 1.66. The van der Waals surface area contributed by atoms with E-state index < -0.39 is 49.9 Å². The molecular formula is C34H54N4O6Si. The third-order valence-corrected chi connectivity index (χ3v) is 14.1. The summed E-state index contributed by atoms with van der Waals surface area (Å²) in [4.78, 5) is 68.6. The van der Waals surface area contributed by atoms with E-state index in [0.29, 0.717) is 51.5 Å². The number of ketones is 1. The largest absolute Gasteiger partial charge is 0.407 e. The van der Waals surface area contributed by atoms with Crippen LogP contribution in [0.5, 0.6) is 0 Å². The minimum Gasteiger partial charge on any atom is -0.407 e. The normalized spacial score (nSPS) is 23.6. The highest BCUT2D eigenvalue weighted by Gasteiger charge is 2.42. The molecule has 2 aliphatic rings. The maximum atomic E-state index is 13.8. The molecule has 3 N–H and O–H groups in total. The minimum absolute atomic E-state index is 0.0160. The molecule has 4 atom stereocenters. The Morgan fingerprint density at radius 2 is 1.67 bits per heavy atom. The number of fused-ring (bicyclic) bond motifs is 1. The third kappa shape index (κ3) is 9.72. The number of unbranched alkanes of at least 4 members (excludes halogenated alkanes) is 2. The van der Waals surface area contributed by atoms with Crippen molar-refractivity contribution in [3.8, 4) is 0 Å². The molecule has 0 bridgehead atoms. The van der Waals surface area contributed by atoms with Gasteiger partial charge in [0.05, 0.1) is 0 Å². The van der Waals surface area contributed by atoms with Crippen LogP contribution in [0.3, 0.4) is 0 Å². The van der Waals surface area contributed by atoms with Crippen LogP contribution < -0.4 is 16.0 Å². The lowest BCUT2D eigenvalue weighted by Gasteiger charge is -2.38. The maximum Gasteiger partial charge on any atom is 0.246 e. The predicted molar refractivity (Wildman–Crippen MR) is 177 cm³/mol. The van der Waals surface area contributed by atoms with E-state index in [1.165, 1.54) is 0 Å². The summed E-state index contributed by atoms with van der Waals surface area (Å²) in [6.07, 6.45) is 3.62. The molecule has 0 radical (unpaired) electrons. The molecule has 0 saturated carbocycles. The van der Waals surface area contributed by atoms with Crippen LogP contribution in [0.4, 0.5) is 0 Å². The van der Waals surface area contributed by atoms with Gasteiger partial charge in [0.2, 0.25) is 23.6 Å². The summed E-state index contributed by atoms with van der Waals surface area (Å²) in [5, 5.41) is 8.58. The van der Waals surface area contributed by atoms with E-state index >= 15 is 0 Å². The zero-order chi connectivity index (χ0) is 33.6. The first-order valence-electron chi connectivity index (χ1n) is 16.4. The third-order valence-electron chi connectivity index (χ3n) is 9.51. The molecule has 250 valence electrons. The van der Waals surface area contributed by atoms with Crippen molar-refractivity contribution in [2.75, 3.05) is 6.54 Å². The van der Waals surface area contributed by atoms with Gasteiger partial charge in [-0.15, -0.1) is 0 Å². The van der Waals surface area contributed by atoms with Gasteiger partial charge < -0.3 is 25.3 Å². The van der Waals surface area contributed by atoms with E-state index in [1.807, 2.05) is 37.3 Å². The topological polar surface area (TPSA) is 134 Å². The number of nitrogens with zero attached hydrogens (tertiary/aromatic N) is 1. The van der Waals surface area contributed by atoms with Crippen LogP contribution in [-0.2, 0) is 34.8 Å². The van der Waals surface area contributed by atoms with Gasteiger partial charge in [-0.05, 0) is 70.2 Å². The molecule has 1 aromatic carbocycles. The van der Waals surface area contributed by atoms with Gasteiger partial charge in [-0.3, -0.25) is 24.0 Å². The summed E-state index contributed by atoms with van der Waals surface area (Å²) in [7, 11) is -2.06. The molecule has 2 aliphatic heterocycles. The Hall–Kier alpha value is -3.05. The van der Waals surface area contributed by atoms with Gasteiger partial charge in [-0.1, -0.05) is 63.9 Å². The van der Waals surface area contributed by atoms with E-state index in [4.69, 9.17) is 4.43 Å². The SMILES string of the molecule is C[C@H](O[Si](C)(C)C(C)(C)C)C(=O)CCCCC[C@@H]1NC(=O)[C@H]2CCCN2C(=O)[C@H](Cc2ccccc2)NC(=O)C(C)(C)NC1=O. The molecule has 3 rings (SSSR count). The number of hydrogen-bond donors (Lipinski definition) is 3. The number of carbonyl (C=O) groups is 5. The molecule has 11 heteroatoms. The number of amides is 4. The summed E-state index contributed by atoms with van der Waals surface area (Å²) in [6.45, 7) is 16.1. The predicted octanol–water partition coefficient (Wildman–Crippen LogP) is 4.03. The van der Waals surface area contributed by atoms with Crippen molar-refractivity contribution in [3.63, 3.8) is 0 Å². The summed E-state index contributed by atoms with van der Waals surface area (Å²) in [6, 6.07) is 6.94. The van der Waals surface area contributed by atoms with Crippen LogP contribution in [0.25, 0.3) is 0 Å². The highest BCUT2D eigenvalue weighted by atomic mass is 28.4. The first-order chi connectivity index (χ1) is 20.9. The average Bonchev–Trinajstić information content (AvgIpc) is 3.44. The Labute approximate surface area is 269 Å². The number of carbonyl (C=O) groups excluding carboxylic acids is 5. The number of nitrogens with one attached hydrogen (secondary N) is 3. The van der Waals surface area contributed by atoms with Gasteiger partial charge in [0.1, 0.15) is 29.8 Å². The van der Waals surface area contributed by atoms with Crippen molar-refractivity contribution in [3.05, 3.63) is 35.9 Å². The number of Topliss-reactive ketones (excluding diaryl/α,β-unsaturated/α-hetero) is 1. The van der Waals surface area contributed by atoms with Gasteiger partial charge >= 0.3 is 0 Å². The maximum absolute atomic E-state index is 13.8. The number of rotatable bonds is 11. The van der Waals surface area contributed by atoms with E-state index in [9.17, 15) is 24.0 Å². The minimum atomic E-state index is -2.06. The second-order valence-electron chi connectivity index (χ2n) is 14.7. The Morgan fingerprint density at radius 3 is 2.31 bits per heavy atom. The molecule has 0 aromatic heterocycles. The molecule has 10 nitrogen and oxygen atoms in total. The lowest BCUT2D eigenvalue weighted by Crippen LogP contribution is -2.64. The zero-order valence-corrected chi connectivity index (χ0v) is 29.5. The van der Waals surface area contributed by atoms with Crippen LogP contribution in [0.1, 0.15) is 92.1 Å². The van der Waals surface area contributed by atoms with Crippen molar-refractivity contribution in [2.24, 2.45) is 0 Å². The van der Waals surface area contributed by atoms with Crippen molar-refractivity contribution in [2.45, 2.75) is 141 Å². The van der Waals surface area contributed by atoms with Crippen LogP contribution in [-0.4, -0.2) is 78.9 Å². The lowest BCUT2D eigenvalue weighted by molar-refractivity contribution is -0.144. The summed E-state index contributed by atoms with van der Waals surface area (Å²) >= 11 is 0. The highest BCUT2D eigenvalue weighted by molar-refractivity contribution is 6.74. The second-order valence-corrected chi connectivity index (χ2v) is 19.4. The van der Waals surface area contributed by atoms with Crippen molar-refractivity contribution in [1.82, 2.24) is 20.9 Å². The Bertz CT molecular complexity index is 1230. The Morgan fingerprint density at radius 1 is 1.00 bits per heavy atom. The highest BCUT2D eigenvalue weighted by Crippen LogP contribution is 2.37. The molecule has 2 saturated heterocycles. The zero-order valence-electron chi connectivity index (χ0n) is 28.5. The summed E-state index contributed by atoms with van der Waals surface area (Å²) in [5.41, 5.74) is -0.449. The molecule has 2 fully saturated rings. The number of benzene rings is 1. The molecular weight excluding hydrogens is 588 g/mol. The van der Waals surface area contributed by atoms with Gasteiger partial charge in [0.25, 0.3) is 0 Å². The fraction of sp³-hybridized carbons (Fsp3) is 0.676. The van der Waals surface area contributed by atoms with E-state index in [2.05, 4.69) is 49.8 Å². The smallest absolute Gasteiger partial charge is 0.246 e. The van der Waals surface area contributed by atoms with Gasteiger partial charge in [-0.2, -0.15) is 0 Å². The van der Waals surface area contributed by atoms with Crippen LogP contribution in [0, 0.1) is 0 Å². The van der Waals surface area contributed by atoms with Crippen LogP contribution in [0.2, 0.25) is 18.1 Å². The van der Waals surface area contributed by atoms with Crippen LogP contribution in [0.15, 0.2) is 30.3 Å².